The van der Waals surface area contributed by atoms with E-state index in [9.17, 15) is 9.90 Å². The fourth-order valence-corrected chi connectivity index (χ4v) is 6.55. The second kappa shape index (κ2) is 19.0. The number of carbonyl (C=O) groups is 1. The van der Waals surface area contributed by atoms with Gasteiger partial charge in [0.15, 0.2) is 0 Å². The van der Waals surface area contributed by atoms with Crippen LogP contribution in [0.1, 0.15) is 107 Å². The fourth-order valence-electron chi connectivity index (χ4n) is 6.55. The van der Waals surface area contributed by atoms with Crippen molar-refractivity contribution in [2.75, 3.05) is 19.7 Å². The van der Waals surface area contributed by atoms with Crippen LogP contribution in [-0.2, 0) is 4.74 Å². The van der Waals surface area contributed by atoms with Crippen LogP contribution in [0.4, 0.5) is 4.79 Å². The molecule has 3 aliphatic rings. The molecule has 0 aromatic heterocycles. The largest absolute Gasteiger partial charge is 0.489 e. The number of carbonyl (C=O) groups excluding carboxylic acids is 1. The Hall–Kier alpha value is -3.73. The first kappa shape index (κ1) is 40.7. The minimum absolute atomic E-state index is 0.0113. The fraction of sp³-hybridized carbons (Fsp3) is 0.667. The van der Waals surface area contributed by atoms with Crippen LogP contribution >= 0.6 is 0 Å². The molecular formula is C39H64N8O3. The zero-order valence-corrected chi connectivity index (χ0v) is 31.8. The number of guanidine groups is 1. The van der Waals surface area contributed by atoms with Gasteiger partial charge < -0.3 is 25.5 Å². The van der Waals surface area contributed by atoms with Crippen molar-refractivity contribution in [1.82, 2.24) is 20.4 Å². The van der Waals surface area contributed by atoms with E-state index in [-0.39, 0.29) is 48.1 Å². The van der Waals surface area contributed by atoms with Gasteiger partial charge in [0.2, 0.25) is 5.96 Å². The number of aliphatic imine (C=N–C) groups is 1. The van der Waals surface area contributed by atoms with Crippen LogP contribution in [0.5, 0.6) is 0 Å². The summed E-state index contributed by atoms with van der Waals surface area (Å²) in [6.45, 7) is 18.0. The normalized spacial score (nSPS) is 24.9. The Morgan fingerprint density at radius 2 is 1.94 bits per heavy atom. The highest BCUT2D eigenvalue weighted by Crippen LogP contribution is 2.32. The van der Waals surface area contributed by atoms with E-state index in [0.29, 0.717) is 67.9 Å². The number of aliphatic hydroxyl groups is 1. The molecule has 2 amide bonds. The summed E-state index contributed by atoms with van der Waals surface area (Å²) in [7, 11) is 0. The first-order valence-corrected chi connectivity index (χ1v) is 18.6. The summed E-state index contributed by atoms with van der Waals surface area (Å²) >= 11 is 0. The quantitative estimate of drug-likeness (QED) is 0.0484. The second-order valence-corrected chi connectivity index (χ2v) is 15.3. The van der Waals surface area contributed by atoms with Gasteiger partial charge in [-0.25, -0.2) is 4.79 Å². The third-order valence-electron chi connectivity index (χ3n) is 10.3. The summed E-state index contributed by atoms with van der Waals surface area (Å²) < 4.78 is 6.70. The Morgan fingerprint density at radius 1 is 1.20 bits per heavy atom. The molecule has 0 radical (unpaired) electrons. The maximum absolute atomic E-state index is 13.5. The minimum atomic E-state index is -0.326. The number of urea groups is 1. The Kier molecular flexibility index (Phi) is 15.5. The monoisotopic (exact) mass is 693 g/mol. The van der Waals surface area contributed by atoms with Gasteiger partial charge in [-0.2, -0.15) is 0 Å². The van der Waals surface area contributed by atoms with E-state index in [1.165, 1.54) is 4.90 Å². The smallest absolute Gasteiger partial charge is 0.320 e. The third-order valence-corrected chi connectivity index (χ3v) is 10.3. The molecule has 0 aromatic carbocycles. The van der Waals surface area contributed by atoms with E-state index in [1.807, 2.05) is 30.9 Å². The average Bonchev–Trinajstić information content (AvgIpc) is 3.56. The Balaban J connectivity index is 1.79. The molecule has 5 unspecified atom stereocenters. The molecule has 6 N–H and O–H groups in total. The van der Waals surface area contributed by atoms with Crippen LogP contribution in [0, 0.1) is 39.4 Å². The molecule has 3 rings (SSSR count). The molecule has 1 fully saturated rings. The Labute approximate surface area is 300 Å². The molecule has 0 spiro atoms. The van der Waals surface area contributed by atoms with Crippen LogP contribution in [0.25, 0.3) is 0 Å². The van der Waals surface area contributed by atoms with E-state index in [0.717, 1.165) is 43.2 Å². The Morgan fingerprint density at radius 3 is 2.52 bits per heavy atom. The van der Waals surface area contributed by atoms with E-state index in [2.05, 4.69) is 64.3 Å². The molecule has 1 aliphatic heterocycles. The van der Waals surface area contributed by atoms with Crippen molar-refractivity contribution < 1.29 is 14.6 Å². The maximum Gasteiger partial charge on any atom is 0.320 e. The van der Waals surface area contributed by atoms with Crippen molar-refractivity contribution in [2.45, 2.75) is 125 Å². The number of amides is 2. The topological polar surface area (TPSA) is 161 Å². The number of aliphatic hydroxyl groups excluding tert-OH is 1. The molecule has 1 saturated heterocycles. The van der Waals surface area contributed by atoms with Gasteiger partial charge in [0, 0.05) is 49.6 Å². The number of allylic oxidation sites excluding steroid dienone is 3. The van der Waals surface area contributed by atoms with Crippen molar-refractivity contribution in [3.63, 3.8) is 0 Å². The van der Waals surface area contributed by atoms with E-state index < -0.39 is 0 Å². The van der Waals surface area contributed by atoms with Gasteiger partial charge in [-0.15, -0.1) is 0 Å². The summed E-state index contributed by atoms with van der Waals surface area (Å²) in [5, 5.41) is 41.4. The van der Waals surface area contributed by atoms with Gasteiger partial charge >= 0.3 is 6.03 Å². The van der Waals surface area contributed by atoms with Gasteiger partial charge in [0.1, 0.15) is 17.7 Å². The van der Waals surface area contributed by atoms with Gasteiger partial charge in [-0.05, 0) is 75.4 Å². The summed E-state index contributed by atoms with van der Waals surface area (Å²) in [6, 6.07) is -0.543. The van der Waals surface area contributed by atoms with E-state index >= 15 is 0 Å². The molecule has 11 nitrogen and oxygen atoms in total. The van der Waals surface area contributed by atoms with E-state index in [4.69, 9.17) is 26.0 Å². The lowest BCUT2D eigenvalue weighted by atomic mass is 9.83. The lowest BCUT2D eigenvalue weighted by Gasteiger charge is -2.34. The second-order valence-electron chi connectivity index (χ2n) is 15.3. The van der Waals surface area contributed by atoms with Gasteiger partial charge in [-0.1, -0.05) is 65.8 Å². The lowest BCUT2D eigenvalue weighted by molar-refractivity contribution is 0.114. The first-order chi connectivity index (χ1) is 23.7. The first-order valence-electron chi connectivity index (χ1n) is 18.6. The standard InChI is InChI=1S/C39H64N8O3/c1-9-11-32-28(6)33(44-38(49)45-36(21-35(41)39(7,8)10-2)43-30-14-12-27(5)13-15-30)16-17-34(32)50-31(20-26(3)4)23-47(25-40)37(42)46-19-18-29(22-46)24-48/h9,11-12,14,23,25-27,29-30,33-34,40-42,48H,10,13,15-22,24H2,1-8H3,(H2,43,44,45,49). The van der Waals surface area contributed by atoms with E-state index in [1.54, 1.807) is 6.20 Å². The third kappa shape index (κ3) is 11.7. The maximum atomic E-state index is 13.5. The number of nitrogens with zero attached hydrogens (tertiary/aromatic N) is 3. The summed E-state index contributed by atoms with van der Waals surface area (Å²) in [5.74, 6) is 2.37. The number of rotatable bonds is 14. The summed E-state index contributed by atoms with van der Waals surface area (Å²) in [4.78, 5) is 21.8. The predicted octanol–water partition coefficient (Wildman–Crippen LogP) is 7.37. The molecular weight excluding hydrogens is 628 g/mol. The molecule has 11 heteroatoms. The van der Waals surface area contributed by atoms with Crippen LogP contribution in [0.2, 0.25) is 0 Å². The van der Waals surface area contributed by atoms with Gasteiger partial charge in [0.05, 0.1) is 24.6 Å². The van der Waals surface area contributed by atoms with Gasteiger partial charge in [0.25, 0.3) is 0 Å². The molecule has 2 aliphatic carbocycles. The van der Waals surface area contributed by atoms with Crippen LogP contribution in [0.15, 0.2) is 52.4 Å². The molecule has 0 bridgehead atoms. The highest BCUT2D eigenvalue weighted by molar-refractivity contribution is 6.09. The van der Waals surface area contributed by atoms with Crippen LogP contribution < -0.4 is 10.6 Å². The number of nitrogens with one attached hydrogen (secondary N) is 5. The van der Waals surface area contributed by atoms with Crippen molar-refractivity contribution >= 4 is 29.9 Å². The zero-order valence-electron chi connectivity index (χ0n) is 31.8. The molecule has 278 valence electrons. The summed E-state index contributed by atoms with van der Waals surface area (Å²) in [5.41, 5.74) is 2.28. The number of amidine groups is 1. The van der Waals surface area contributed by atoms with Crippen molar-refractivity contribution in [2.24, 2.45) is 28.2 Å². The zero-order chi connectivity index (χ0) is 37.0. The van der Waals surface area contributed by atoms with Crippen molar-refractivity contribution in [3.05, 3.63) is 47.4 Å². The molecule has 0 saturated carbocycles. The lowest BCUT2D eigenvalue weighted by Crippen LogP contribution is -2.48. The van der Waals surface area contributed by atoms with Crippen LogP contribution in [0.3, 0.4) is 0 Å². The highest BCUT2D eigenvalue weighted by atomic mass is 16.5. The number of hydrogen-bond donors (Lipinski definition) is 6. The van der Waals surface area contributed by atoms with Crippen molar-refractivity contribution in [1.29, 1.82) is 16.2 Å². The summed E-state index contributed by atoms with van der Waals surface area (Å²) in [6.07, 6.45) is 16.9. The Bertz CT molecular complexity index is 1360. The number of ether oxygens (including phenoxy) is 1. The average molecular weight is 693 g/mol. The SMILES string of the molecule is CC=CC1=C(C)C(NC(=O)NC(CC(=N)C(C)(C)CC)=NC2C=CC(C)CC2)CCC1OC(=CN(C=N)C(=N)N1CCC(CO)C1)CC(C)C. The number of hydrogen-bond acceptors (Lipinski definition) is 7. The minimum Gasteiger partial charge on any atom is -0.489 e. The molecule has 1 heterocycles. The van der Waals surface area contributed by atoms with Crippen LogP contribution in [-0.4, -0.2) is 82.7 Å². The van der Waals surface area contributed by atoms with Crippen molar-refractivity contribution in [3.8, 4) is 0 Å². The van der Waals surface area contributed by atoms with Gasteiger partial charge in [-0.3, -0.25) is 26.0 Å². The molecule has 5 atom stereocenters. The highest BCUT2D eigenvalue weighted by Gasteiger charge is 2.31. The predicted molar refractivity (Wildman–Crippen MR) is 205 cm³/mol. The molecule has 50 heavy (non-hydrogen) atoms. The number of likely N-dealkylation sites (tertiary alicyclic amines) is 1. The molecule has 0 aromatic rings.